The van der Waals surface area contributed by atoms with Gasteiger partial charge in [0, 0.05) is 18.0 Å². The quantitative estimate of drug-likeness (QED) is 0.779. The van der Waals surface area contributed by atoms with Crippen molar-refractivity contribution in [2.75, 3.05) is 0 Å². The molecular weight excluding hydrogens is 258 g/mol. The van der Waals surface area contributed by atoms with Crippen molar-refractivity contribution in [2.24, 2.45) is 0 Å². The molecule has 0 aliphatic heterocycles. The molecule has 0 aliphatic rings. The summed E-state index contributed by atoms with van der Waals surface area (Å²) in [5.41, 5.74) is 4.35. The van der Waals surface area contributed by atoms with E-state index in [1.165, 1.54) is 5.56 Å². The number of benzene rings is 2. The van der Waals surface area contributed by atoms with Crippen molar-refractivity contribution in [1.82, 2.24) is 4.98 Å². The lowest BCUT2D eigenvalue weighted by Crippen LogP contribution is -2.03. The Kier molecular flexibility index (Phi) is 3.98. The third kappa shape index (κ3) is 2.96. The molecule has 1 N–H and O–H groups in total. The molecule has 3 rings (SSSR count). The van der Waals surface area contributed by atoms with Gasteiger partial charge in [-0.25, -0.2) is 0 Å². The van der Waals surface area contributed by atoms with Crippen LogP contribution in [0.5, 0.6) is 0 Å². The van der Waals surface area contributed by atoms with Crippen molar-refractivity contribution in [1.29, 1.82) is 0 Å². The van der Waals surface area contributed by atoms with Crippen LogP contribution in [0.1, 0.15) is 29.7 Å². The molecule has 3 aromatic rings. The van der Waals surface area contributed by atoms with E-state index in [4.69, 9.17) is 0 Å². The van der Waals surface area contributed by atoms with Crippen LogP contribution < -0.4 is 0 Å². The van der Waals surface area contributed by atoms with E-state index in [-0.39, 0.29) is 0 Å². The predicted molar refractivity (Wildman–Crippen MR) is 86.2 cm³/mol. The van der Waals surface area contributed by atoms with E-state index in [0.29, 0.717) is 6.42 Å². The summed E-state index contributed by atoms with van der Waals surface area (Å²) >= 11 is 0. The number of rotatable bonds is 4. The maximum absolute atomic E-state index is 10.6. The van der Waals surface area contributed by atoms with E-state index >= 15 is 0 Å². The van der Waals surface area contributed by atoms with Crippen molar-refractivity contribution in [3.63, 3.8) is 0 Å². The van der Waals surface area contributed by atoms with Crippen LogP contribution in [-0.2, 0) is 12.8 Å². The summed E-state index contributed by atoms with van der Waals surface area (Å²) in [6, 6.07) is 18.3. The summed E-state index contributed by atoms with van der Waals surface area (Å²) in [5.74, 6) is 0. The molecular formula is C19H19NO. The number of pyridine rings is 1. The van der Waals surface area contributed by atoms with Gasteiger partial charge in [0.1, 0.15) is 0 Å². The molecule has 1 atom stereocenters. The minimum Gasteiger partial charge on any atom is -0.388 e. The lowest BCUT2D eigenvalue weighted by Gasteiger charge is -2.14. The fourth-order valence-corrected chi connectivity index (χ4v) is 2.66. The fourth-order valence-electron chi connectivity index (χ4n) is 2.66. The first kappa shape index (κ1) is 13.8. The molecule has 0 spiro atoms. The van der Waals surface area contributed by atoms with Crippen LogP contribution in [0.4, 0.5) is 0 Å². The summed E-state index contributed by atoms with van der Waals surface area (Å²) in [7, 11) is 0. The van der Waals surface area contributed by atoms with Crippen molar-refractivity contribution < 1.29 is 5.11 Å². The van der Waals surface area contributed by atoms with Crippen LogP contribution in [0.15, 0.2) is 60.8 Å². The first-order valence-electron chi connectivity index (χ1n) is 7.37. The van der Waals surface area contributed by atoms with Crippen LogP contribution >= 0.6 is 0 Å². The zero-order valence-corrected chi connectivity index (χ0v) is 12.2. The molecule has 0 bridgehead atoms. The van der Waals surface area contributed by atoms with E-state index in [1.807, 2.05) is 30.3 Å². The van der Waals surface area contributed by atoms with Gasteiger partial charge in [0.05, 0.1) is 11.6 Å². The molecule has 1 unspecified atom stereocenters. The van der Waals surface area contributed by atoms with E-state index in [2.05, 4.69) is 36.2 Å². The molecule has 1 aromatic heterocycles. The van der Waals surface area contributed by atoms with Gasteiger partial charge in [-0.15, -0.1) is 0 Å². The summed E-state index contributed by atoms with van der Waals surface area (Å²) in [6.45, 7) is 2.15. The van der Waals surface area contributed by atoms with Crippen LogP contribution in [0, 0.1) is 0 Å². The second-order valence-electron chi connectivity index (χ2n) is 5.31. The maximum Gasteiger partial charge on any atom is 0.0836 e. The van der Waals surface area contributed by atoms with Crippen molar-refractivity contribution in [2.45, 2.75) is 25.9 Å². The zero-order chi connectivity index (χ0) is 14.7. The third-order valence-corrected chi connectivity index (χ3v) is 3.90. The van der Waals surface area contributed by atoms with Gasteiger partial charge in [0.15, 0.2) is 0 Å². The Labute approximate surface area is 125 Å². The predicted octanol–water partition coefficient (Wildman–Crippen LogP) is 4.07. The Morgan fingerprint density at radius 3 is 2.48 bits per heavy atom. The summed E-state index contributed by atoms with van der Waals surface area (Å²) in [4.78, 5) is 4.34. The normalized spacial score (nSPS) is 12.5. The number of aliphatic hydroxyl groups excluding tert-OH is 1. The molecule has 2 nitrogen and oxygen atoms in total. The standard InChI is InChI=1S/C19H19NO/c1-2-14-8-10-15(11-9-14)13-19(21)17-5-3-7-18-16(17)6-4-12-20-18/h3-12,19,21H,2,13H2,1H3. The molecule has 0 aliphatic carbocycles. The first-order valence-corrected chi connectivity index (χ1v) is 7.37. The van der Waals surface area contributed by atoms with Gasteiger partial charge in [-0.3, -0.25) is 4.98 Å². The number of fused-ring (bicyclic) bond motifs is 1. The number of aromatic nitrogens is 1. The molecule has 0 saturated heterocycles. The molecule has 106 valence electrons. The highest BCUT2D eigenvalue weighted by Crippen LogP contribution is 2.25. The highest BCUT2D eigenvalue weighted by atomic mass is 16.3. The molecule has 0 saturated carbocycles. The number of hydrogen-bond acceptors (Lipinski definition) is 2. The van der Waals surface area contributed by atoms with Crippen molar-refractivity contribution >= 4 is 10.9 Å². The summed E-state index contributed by atoms with van der Waals surface area (Å²) < 4.78 is 0. The summed E-state index contributed by atoms with van der Waals surface area (Å²) in [6.07, 6.45) is 2.93. The molecule has 0 fully saturated rings. The summed E-state index contributed by atoms with van der Waals surface area (Å²) in [5, 5.41) is 11.6. The van der Waals surface area contributed by atoms with Crippen molar-refractivity contribution in [3.8, 4) is 0 Å². The Hall–Kier alpha value is -2.19. The van der Waals surface area contributed by atoms with Gasteiger partial charge in [0.25, 0.3) is 0 Å². The Balaban J connectivity index is 1.88. The van der Waals surface area contributed by atoms with Crippen molar-refractivity contribution in [3.05, 3.63) is 77.5 Å². The highest BCUT2D eigenvalue weighted by Gasteiger charge is 2.12. The lowest BCUT2D eigenvalue weighted by molar-refractivity contribution is 0.180. The average molecular weight is 277 g/mol. The zero-order valence-electron chi connectivity index (χ0n) is 12.2. The van der Waals surface area contributed by atoms with Gasteiger partial charge in [0.2, 0.25) is 0 Å². The van der Waals surface area contributed by atoms with Crippen LogP contribution in [0.25, 0.3) is 10.9 Å². The maximum atomic E-state index is 10.6. The largest absolute Gasteiger partial charge is 0.388 e. The Morgan fingerprint density at radius 1 is 0.952 bits per heavy atom. The average Bonchev–Trinajstić information content (AvgIpc) is 2.55. The van der Waals surface area contributed by atoms with E-state index in [9.17, 15) is 5.11 Å². The van der Waals surface area contributed by atoms with Crippen LogP contribution in [0.3, 0.4) is 0 Å². The molecule has 21 heavy (non-hydrogen) atoms. The first-order chi connectivity index (χ1) is 10.3. The van der Waals surface area contributed by atoms with E-state index in [0.717, 1.165) is 28.5 Å². The number of nitrogens with zero attached hydrogens (tertiary/aromatic N) is 1. The van der Waals surface area contributed by atoms with E-state index < -0.39 is 6.10 Å². The molecule has 0 radical (unpaired) electrons. The third-order valence-electron chi connectivity index (χ3n) is 3.90. The van der Waals surface area contributed by atoms with E-state index in [1.54, 1.807) is 6.20 Å². The second-order valence-corrected chi connectivity index (χ2v) is 5.31. The second kappa shape index (κ2) is 6.06. The Morgan fingerprint density at radius 2 is 1.71 bits per heavy atom. The fraction of sp³-hybridized carbons (Fsp3) is 0.211. The van der Waals surface area contributed by atoms with Gasteiger partial charge >= 0.3 is 0 Å². The molecule has 0 amide bonds. The van der Waals surface area contributed by atoms with Gasteiger partial charge in [-0.1, -0.05) is 49.4 Å². The number of aryl methyl sites for hydroxylation is 1. The smallest absolute Gasteiger partial charge is 0.0836 e. The van der Waals surface area contributed by atoms with Gasteiger partial charge in [-0.2, -0.15) is 0 Å². The minimum absolute atomic E-state index is 0.509. The van der Waals surface area contributed by atoms with Crippen LogP contribution in [-0.4, -0.2) is 10.1 Å². The Bertz CT molecular complexity index is 729. The highest BCUT2D eigenvalue weighted by molar-refractivity contribution is 5.82. The topological polar surface area (TPSA) is 33.1 Å². The molecule has 2 aromatic carbocycles. The SMILES string of the molecule is CCc1ccc(CC(O)c2cccc3ncccc23)cc1. The van der Waals surface area contributed by atoms with Crippen LogP contribution in [0.2, 0.25) is 0 Å². The minimum atomic E-state index is -0.509. The monoisotopic (exact) mass is 277 g/mol. The number of hydrogen-bond donors (Lipinski definition) is 1. The molecule has 1 heterocycles. The number of aliphatic hydroxyl groups is 1. The van der Waals surface area contributed by atoms with Gasteiger partial charge in [-0.05, 0) is 35.2 Å². The van der Waals surface area contributed by atoms with Gasteiger partial charge < -0.3 is 5.11 Å². The lowest BCUT2D eigenvalue weighted by atomic mass is 9.97. The molecule has 2 heteroatoms.